The highest BCUT2D eigenvalue weighted by Crippen LogP contribution is 2.34. The molecule has 0 unspecified atom stereocenters. The lowest BCUT2D eigenvalue weighted by Crippen LogP contribution is -2.50. The van der Waals surface area contributed by atoms with Gasteiger partial charge in [0.1, 0.15) is 34.4 Å². The molecule has 0 aliphatic carbocycles. The topological polar surface area (TPSA) is 140 Å². The van der Waals surface area contributed by atoms with Gasteiger partial charge in [0.2, 0.25) is 0 Å². The Hall–Kier alpha value is -4.58. The van der Waals surface area contributed by atoms with Gasteiger partial charge in [-0.3, -0.25) is 9.20 Å². The van der Waals surface area contributed by atoms with Gasteiger partial charge in [-0.05, 0) is 44.5 Å². The zero-order valence-electron chi connectivity index (χ0n) is 25.6. The van der Waals surface area contributed by atoms with Crippen LogP contribution in [-0.4, -0.2) is 75.4 Å². The molecular formula is C31H37ClN8O4. The number of halogens is 1. The Kier molecular flexibility index (Phi) is 8.82. The van der Waals surface area contributed by atoms with Crippen molar-refractivity contribution in [1.29, 1.82) is 0 Å². The maximum atomic E-state index is 12.8. The summed E-state index contributed by atoms with van der Waals surface area (Å²) in [5.74, 6) is 1.33. The second-order valence-electron chi connectivity index (χ2n) is 11.5. The van der Waals surface area contributed by atoms with Crippen molar-refractivity contribution in [3.8, 4) is 5.75 Å². The first-order chi connectivity index (χ1) is 21.0. The van der Waals surface area contributed by atoms with E-state index in [-0.39, 0.29) is 17.5 Å². The molecular weight excluding hydrogens is 584 g/mol. The van der Waals surface area contributed by atoms with Crippen LogP contribution >= 0.6 is 11.6 Å². The number of amides is 2. The quantitative estimate of drug-likeness (QED) is 0.283. The number of nitrogens with two attached hydrogens (primary N) is 1. The number of benzene rings is 2. The van der Waals surface area contributed by atoms with Crippen molar-refractivity contribution in [2.45, 2.75) is 46.1 Å². The van der Waals surface area contributed by atoms with E-state index in [0.29, 0.717) is 72.8 Å². The normalized spacial score (nSPS) is 13.7. The summed E-state index contributed by atoms with van der Waals surface area (Å²) >= 11 is 6.49. The second kappa shape index (κ2) is 12.6. The number of nitrogens with one attached hydrogen (secondary N) is 1. The molecule has 1 fully saturated rings. The van der Waals surface area contributed by atoms with Gasteiger partial charge in [-0.2, -0.15) is 0 Å². The summed E-state index contributed by atoms with van der Waals surface area (Å²) < 4.78 is 13.0. The minimum absolute atomic E-state index is 0.115. The number of primary amides is 1. The van der Waals surface area contributed by atoms with E-state index in [9.17, 15) is 9.59 Å². The summed E-state index contributed by atoms with van der Waals surface area (Å²) in [5.41, 5.74) is 8.14. The Morgan fingerprint density at radius 3 is 2.41 bits per heavy atom. The number of carbonyl (C=O) groups excluding carboxylic acids is 2. The van der Waals surface area contributed by atoms with Crippen molar-refractivity contribution in [3.05, 3.63) is 70.3 Å². The first kappa shape index (κ1) is 30.9. The van der Waals surface area contributed by atoms with Crippen LogP contribution in [0, 0.1) is 0 Å². The van der Waals surface area contributed by atoms with Gasteiger partial charge in [0.15, 0.2) is 5.65 Å². The second-order valence-corrected chi connectivity index (χ2v) is 11.9. The fraction of sp³-hybridized carbons (Fsp3) is 0.387. The zero-order valence-corrected chi connectivity index (χ0v) is 26.3. The van der Waals surface area contributed by atoms with E-state index in [0.717, 1.165) is 11.3 Å². The Bertz CT molecular complexity index is 1690. The van der Waals surface area contributed by atoms with Crippen LogP contribution in [0.4, 0.5) is 22.0 Å². The maximum absolute atomic E-state index is 12.8. The minimum Gasteiger partial charge on any atom is -0.494 e. The molecule has 1 aliphatic rings. The summed E-state index contributed by atoms with van der Waals surface area (Å²) in [5, 5.41) is 12.5. The molecule has 0 atom stereocenters. The van der Waals surface area contributed by atoms with Crippen LogP contribution in [0.25, 0.3) is 5.65 Å². The van der Waals surface area contributed by atoms with E-state index in [1.165, 1.54) is 0 Å². The third kappa shape index (κ3) is 6.49. The summed E-state index contributed by atoms with van der Waals surface area (Å²) in [6.45, 7) is 9.88. The van der Waals surface area contributed by atoms with Crippen LogP contribution in [-0.2, 0) is 17.6 Å². The third-order valence-electron chi connectivity index (χ3n) is 7.29. The molecule has 3 N–H and O–H groups in total. The third-order valence-corrected chi connectivity index (χ3v) is 7.66. The van der Waals surface area contributed by atoms with Gasteiger partial charge in [0.05, 0.1) is 12.8 Å². The molecule has 1 aliphatic heterocycles. The van der Waals surface area contributed by atoms with E-state index >= 15 is 0 Å². The van der Waals surface area contributed by atoms with Gasteiger partial charge in [-0.25, -0.2) is 9.78 Å². The number of aromatic nitrogens is 4. The molecule has 44 heavy (non-hydrogen) atoms. The molecule has 0 saturated carbocycles. The lowest BCUT2D eigenvalue weighted by molar-refractivity contribution is 0.0240. The van der Waals surface area contributed by atoms with E-state index in [2.05, 4.69) is 20.4 Å². The molecule has 13 heteroatoms. The highest BCUT2D eigenvalue weighted by Gasteiger charge is 2.27. The number of piperazine rings is 1. The highest BCUT2D eigenvalue weighted by atomic mass is 35.5. The number of aryl methyl sites for hydroxylation is 1. The van der Waals surface area contributed by atoms with E-state index in [4.69, 9.17) is 31.8 Å². The molecule has 232 valence electrons. The van der Waals surface area contributed by atoms with E-state index in [1.807, 2.05) is 70.2 Å². The number of carbonyl (C=O) groups is 2. The van der Waals surface area contributed by atoms with Crippen molar-refractivity contribution in [3.63, 3.8) is 0 Å². The average molecular weight is 621 g/mol. The number of ether oxygens (including phenoxy) is 2. The smallest absolute Gasteiger partial charge is 0.410 e. The predicted molar refractivity (Wildman–Crippen MR) is 169 cm³/mol. The lowest BCUT2D eigenvalue weighted by atomic mass is 10.1. The monoisotopic (exact) mass is 620 g/mol. The fourth-order valence-electron chi connectivity index (χ4n) is 5.15. The molecule has 0 spiro atoms. The molecule has 0 bridgehead atoms. The predicted octanol–water partition coefficient (Wildman–Crippen LogP) is 4.84. The number of hydrogen-bond donors (Lipinski definition) is 2. The van der Waals surface area contributed by atoms with Crippen molar-refractivity contribution in [2.24, 2.45) is 5.73 Å². The Labute approximate surface area is 261 Å². The average Bonchev–Trinajstić information content (AvgIpc) is 3.42. The number of rotatable bonds is 8. The number of anilines is 3. The largest absolute Gasteiger partial charge is 0.494 e. The number of nitrogens with zero attached hydrogens (tertiary/aromatic N) is 6. The lowest BCUT2D eigenvalue weighted by Gasteiger charge is -2.37. The highest BCUT2D eigenvalue weighted by molar-refractivity contribution is 6.31. The number of fused-ring (bicyclic) bond motifs is 1. The minimum atomic E-state index is -0.692. The standard InChI is InChI=1S/C31H37ClN8O4/c1-6-24-36-37-29-26(27(33)41)28(35-25(40(24)29)17-19-9-7-8-10-21(19)32)34-22-12-11-20(18-23(22)43-5)38-13-15-39(16-14-38)30(42)44-31(2,3)4/h7-12,18,34H,6,13-17H2,1-5H3,(H2,33,41). The van der Waals surface area contributed by atoms with Crippen LogP contribution in [0.1, 0.15) is 55.3 Å². The molecule has 1 saturated heterocycles. The fourth-order valence-corrected chi connectivity index (χ4v) is 5.35. The molecule has 4 aromatic rings. The molecule has 12 nitrogen and oxygen atoms in total. The van der Waals surface area contributed by atoms with Gasteiger partial charge in [-0.15, -0.1) is 10.2 Å². The number of hydrogen-bond acceptors (Lipinski definition) is 9. The number of methoxy groups -OCH3 is 1. The Balaban J connectivity index is 1.45. The Morgan fingerprint density at radius 2 is 1.77 bits per heavy atom. The van der Waals surface area contributed by atoms with Crippen LogP contribution in [0.2, 0.25) is 5.02 Å². The van der Waals surface area contributed by atoms with Crippen LogP contribution in [0.15, 0.2) is 42.5 Å². The van der Waals surface area contributed by atoms with Crippen LogP contribution in [0.5, 0.6) is 5.75 Å². The van der Waals surface area contributed by atoms with Gasteiger partial charge in [-0.1, -0.05) is 36.7 Å². The van der Waals surface area contributed by atoms with E-state index < -0.39 is 11.5 Å². The Morgan fingerprint density at radius 1 is 1.05 bits per heavy atom. The molecule has 2 aromatic carbocycles. The molecule has 3 heterocycles. The summed E-state index contributed by atoms with van der Waals surface area (Å²) in [6, 6.07) is 13.2. The van der Waals surface area contributed by atoms with Gasteiger partial charge >= 0.3 is 6.09 Å². The first-order valence-corrected chi connectivity index (χ1v) is 14.8. The van der Waals surface area contributed by atoms with Crippen LogP contribution < -0.4 is 20.7 Å². The van der Waals surface area contributed by atoms with E-state index in [1.54, 1.807) is 16.4 Å². The van der Waals surface area contributed by atoms with Gasteiger partial charge < -0.3 is 30.3 Å². The van der Waals surface area contributed by atoms with Gasteiger partial charge in [0, 0.05) is 55.8 Å². The first-order valence-electron chi connectivity index (χ1n) is 14.5. The molecule has 2 amide bonds. The summed E-state index contributed by atoms with van der Waals surface area (Å²) in [6.07, 6.45) is 0.641. The van der Waals surface area contributed by atoms with Crippen molar-refractivity contribution in [2.75, 3.05) is 43.5 Å². The molecule has 0 radical (unpaired) electrons. The SMILES string of the molecule is CCc1nnc2c(C(N)=O)c(Nc3ccc(N4CCN(C(=O)OC(C)(C)C)CC4)cc3OC)nc(Cc3ccccc3Cl)n12. The van der Waals surface area contributed by atoms with Crippen molar-refractivity contribution in [1.82, 2.24) is 24.5 Å². The molecule has 2 aromatic heterocycles. The zero-order chi connectivity index (χ0) is 31.6. The van der Waals surface area contributed by atoms with Gasteiger partial charge in [0.25, 0.3) is 5.91 Å². The van der Waals surface area contributed by atoms with Crippen molar-refractivity contribution < 1.29 is 19.1 Å². The van der Waals surface area contributed by atoms with Crippen LogP contribution in [0.3, 0.4) is 0 Å². The summed E-state index contributed by atoms with van der Waals surface area (Å²) in [7, 11) is 1.57. The van der Waals surface area contributed by atoms with Crippen molar-refractivity contribution >= 4 is 46.4 Å². The maximum Gasteiger partial charge on any atom is 0.410 e. The molecule has 5 rings (SSSR count). The summed E-state index contributed by atoms with van der Waals surface area (Å²) in [4.78, 5) is 34.0.